The summed E-state index contributed by atoms with van der Waals surface area (Å²) in [4.78, 5) is 17.0. The van der Waals surface area contributed by atoms with Crippen molar-refractivity contribution in [3.63, 3.8) is 0 Å². The number of carbonyl (C=O) groups is 1. The molecule has 2 aromatic rings. The fraction of sp³-hybridized carbons (Fsp3) is 0.480. The number of rotatable bonds is 10. The second kappa shape index (κ2) is 11.7. The van der Waals surface area contributed by atoms with Crippen molar-refractivity contribution in [2.75, 3.05) is 58.3 Å². The topological polar surface area (TPSA) is 54.0 Å². The predicted molar refractivity (Wildman–Crippen MR) is 125 cm³/mol. The number of amides is 1. The van der Waals surface area contributed by atoms with Crippen LogP contribution in [0, 0.1) is 0 Å². The highest BCUT2D eigenvalue weighted by Crippen LogP contribution is 2.20. The van der Waals surface area contributed by atoms with Crippen LogP contribution in [0.15, 0.2) is 48.5 Å². The first-order valence-electron chi connectivity index (χ1n) is 11.2. The number of carbonyl (C=O) groups excluding carboxylic acids is 1. The van der Waals surface area contributed by atoms with Crippen LogP contribution in [0.5, 0.6) is 11.5 Å². The van der Waals surface area contributed by atoms with E-state index in [0.717, 1.165) is 56.3 Å². The van der Waals surface area contributed by atoms with Crippen LogP contribution < -0.4 is 14.8 Å². The summed E-state index contributed by atoms with van der Waals surface area (Å²) in [6.07, 6.45) is 1.12. The Bertz CT molecular complexity index is 800. The van der Waals surface area contributed by atoms with Crippen molar-refractivity contribution >= 4 is 11.6 Å². The number of piperazine rings is 1. The molecule has 2 aromatic carbocycles. The quantitative estimate of drug-likeness (QED) is 0.627. The average molecular weight is 426 g/mol. The number of anilines is 1. The summed E-state index contributed by atoms with van der Waals surface area (Å²) in [7, 11) is 1.66. The number of ether oxygens (including phenoxy) is 2. The van der Waals surface area contributed by atoms with Crippen LogP contribution >= 0.6 is 0 Å². The summed E-state index contributed by atoms with van der Waals surface area (Å²) in [6, 6.07) is 15.9. The maximum atomic E-state index is 12.4. The molecule has 0 spiro atoms. The lowest BCUT2D eigenvalue weighted by molar-refractivity contribution is -0.117. The first-order valence-corrected chi connectivity index (χ1v) is 11.2. The molecule has 1 atom stereocenters. The number of nitrogens with one attached hydrogen (secondary N) is 1. The third-order valence-electron chi connectivity index (χ3n) is 5.94. The number of benzene rings is 2. The standard InChI is InChI=1S/C25H35N3O3/c1-4-20(2)21-5-7-22(8-6-21)26-25(29)19-28-15-13-27(14-16-28)17-18-31-24-11-9-23(30-3)10-12-24/h5-12,20H,4,13-19H2,1-3H3,(H,26,29)/t20-/m0/s1. The lowest BCUT2D eigenvalue weighted by Crippen LogP contribution is -2.49. The van der Waals surface area contributed by atoms with Gasteiger partial charge in [0.25, 0.3) is 0 Å². The molecule has 1 amide bonds. The van der Waals surface area contributed by atoms with Crippen molar-refractivity contribution in [2.45, 2.75) is 26.2 Å². The highest BCUT2D eigenvalue weighted by molar-refractivity contribution is 5.92. The van der Waals surface area contributed by atoms with E-state index in [9.17, 15) is 4.79 Å². The minimum Gasteiger partial charge on any atom is -0.497 e. The molecule has 0 aromatic heterocycles. The molecule has 168 valence electrons. The van der Waals surface area contributed by atoms with Crippen LogP contribution in [-0.4, -0.2) is 68.7 Å². The van der Waals surface area contributed by atoms with E-state index in [-0.39, 0.29) is 5.91 Å². The predicted octanol–water partition coefficient (Wildman–Crippen LogP) is 3.84. The zero-order valence-electron chi connectivity index (χ0n) is 19.0. The van der Waals surface area contributed by atoms with Crippen LogP contribution in [0.25, 0.3) is 0 Å². The Kier molecular flexibility index (Phi) is 8.74. The molecule has 6 heteroatoms. The first kappa shape index (κ1) is 23.1. The molecule has 6 nitrogen and oxygen atoms in total. The summed E-state index contributed by atoms with van der Waals surface area (Å²) in [5, 5.41) is 3.02. The Morgan fingerprint density at radius 1 is 0.968 bits per heavy atom. The molecular weight excluding hydrogens is 390 g/mol. The molecule has 0 saturated carbocycles. The maximum Gasteiger partial charge on any atom is 0.238 e. The Balaban J connectivity index is 1.33. The second-order valence-corrected chi connectivity index (χ2v) is 8.12. The molecule has 1 N–H and O–H groups in total. The van der Waals surface area contributed by atoms with Gasteiger partial charge in [0.05, 0.1) is 13.7 Å². The summed E-state index contributed by atoms with van der Waals surface area (Å²) < 4.78 is 11.0. The van der Waals surface area contributed by atoms with E-state index in [1.807, 2.05) is 36.4 Å². The molecular formula is C25H35N3O3. The van der Waals surface area contributed by atoms with E-state index in [1.54, 1.807) is 7.11 Å². The van der Waals surface area contributed by atoms with E-state index in [0.29, 0.717) is 19.1 Å². The molecule has 0 radical (unpaired) electrons. The largest absolute Gasteiger partial charge is 0.497 e. The van der Waals surface area contributed by atoms with Crippen molar-refractivity contribution in [3.8, 4) is 11.5 Å². The smallest absolute Gasteiger partial charge is 0.238 e. The number of hydrogen-bond donors (Lipinski definition) is 1. The van der Waals surface area contributed by atoms with Gasteiger partial charge in [-0.25, -0.2) is 0 Å². The third kappa shape index (κ3) is 7.26. The van der Waals surface area contributed by atoms with Crippen molar-refractivity contribution in [2.24, 2.45) is 0 Å². The van der Waals surface area contributed by atoms with Crippen LogP contribution in [0.1, 0.15) is 31.7 Å². The molecule has 1 aliphatic heterocycles. The highest BCUT2D eigenvalue weighted by atomic mass is 16.5. The van der Waals surface area contributed by atoms with Gasteiger partial charge in [0.1, 0.15) is 18.1 Å². The van der Waals surface area contributed by atoms with Crippen LogP contribution in [0.3, 0.4) is 0 Å². The van der Waals surface area contributed by atoms with Gasteiger partial charge < -0.3 is 14.8 Å². The Morgan fingerprint density at radius 3 is 2.19 bits per heavy atom. The Labute approximate surface area is 186 Å². The van der Waals surface area contributed by atoms with Gasteiger partial charge in [0, 0.05) is 38.4 Å². The van der Waals surface area contributed by atoms with Crippen LogP contribution in [-0.2, 0) is 4.79 Å². The Hall–Kier alpha value is -2.57. The fourth-order valence-electron chi connectivity index (χ4n) is 3.67. The van der Waals surface area contributed by atoms with E-state index in [4.69, 9.17) is 9.47 Å². The lowest BCUT2D eigenvalue weighted by Gasteiger charge is -2.34. The molecule has 1 aliphatic rings. The van der Waals surface area contributed by atoms with Gasteiger partial charge in [-0.3, -0.25) is 14.6 Å². The molecule has 31 heavy (non-hydrogen) atoms. The fourth-order valence-corrected chi connectivity index (χ4v) is 3.67. The van der Waals surface area contributed by atoms with E-state index >= 15 is 0 Å². The van der Waals surface area contributed by atoms with Gasteiger partial charge in [-0.15, -0.1) is 0 Å². The zero-order valence-corrected chi connectivity index (χ0v) is 19.0. The van der Waals surface area contributed by atoms with Gasteiger partial charge in [0.2, 0.25) is 5.91 Å². The van der Waals surface area contributed by atoms with Crippen LogP contribution in [0.4, 0.5) is 5.69 Å². The van der Waals surface area contributed by atoms with Crippen molar-refractivity contribution < 1.29 is 14.3 Å². The van der Waals surface area contributed by atoms with Crippen molar-refractivity contribution in [3.05, 3.63) is 54.1 Å². The number of hydrogen-bond acceptors (Lipinski definition) is 5. The molecule has 0 bridgehead atoms. The number of methoxy groups -OCH3 is 1. The lowest BCUT2D eigenvalue weighted by atomic mass is 9.99. The maximum absolute atomic E-state index is 12.4. The molecule has 0 aliphatic carbocycles. The average Bonchev–Trinajstić information content (AvgIpc) is 2.80. The highest BCUT2D eigenvalue weighted by Gasteiger charge is 2.19. The Morgan fingerprint density at radius 2 is 1.58 bits per heavy atom. The summed E-state index contributed by atoms with van der Waals surface area (Å²) >= 11 is 0. The second-order valence-electron chi connectivity index (χ2n) is 8.12. The minimum absolute atomic E-state index is 0.0487. The van der Waals surface area contributed by atoms with Crippen molar-refractivity contribution in [1.29, 1.82) is 0 Å². The zero-order chi connectivity index (χ0) is 22.1. The summed E-state index contributed by atoms with van der Waals surface area (Å²) in [6.45, 7) is 10.1. The molecule has 1 fully saturated rings. The molecule has 1 heterocycles. The number of nitrogens with zero attached hydrogens (tertiary/aromatic N) is 2. The normalized spacial score (nSPS) is 16.0. The molecule has 1 saturated heterocycles. The van der Waals surface area contributed by atoms with Crippen LogP contribution in [0.2, 0.25) is 0 Å². The van der Waals surface area contributed by atoms with E-state index in [2.05, 4.69) is 41.1 Å². The van der Waals surface area contributed by atoms with Crippen molar-refractivity contribution in [1.82, 2.24) is 9.80 Å². The van der Waals surface area contributed by atoms with Gasteiger partial charge in [0.15, 0.2) is 0 Å². The van der Waals surface area contributed by atoms with Gasteiger partial charge in [-0.05, 0) is 54.3 Å². The van der Waals surface area contributed by atoms with E-state index in [1.165, 1.54) is 5.56 Å². The SMILES string of the molecule is CC[C@H](C)c1ccc(NC(=O)CN2CCN(CCOc3ccc(OC)cc3)CC2)cc1. The van der Waals surface area contributed by atoms with Gasteiger partial charge >= 0.3 is 0 Å². The third-order valence-corrected chi connectivity index (χ3v) is 5.94. The molecule has 0 unspecified atom stereocenters. The summed E-state index contributed by atoms with van der Waals surface area (Å²) in [5.41, 5.74) is 2.18. The monoisotopic (exact) mass is 425 g/mol. The summed E-state index contributed by atoms with van der Waals surface area (Å²) in [5.74, 6) is 2.28. The van der Waals surface area contributed by atoms with Gasteiger partial charge in [-0.1, -0.05) is 26.0 Å². The van der Waals surface area contributed by atoms with Gasteiger partial charge in [-0.2, -0.15) is 0 Å². The first-order chi connectivity index (χ1) is 15.1. The molecule has 3 rings (SSSR count). The van der Waals surface area contributed by atoms with E-state index < -0.39 is 0 Å². The minimum atomic E-state index is 0.0487.